The highest BCUT2D eigenvalue weighted by Gasteiger charge is 2.21. The Labute approximate surface area is 138 Å². The first-order valence-corrected chi connectivity index (χ1v) is 9.02. The Morgan fingerprint density at radius 1 is 1.09 bits per heavy atom. The van der Waals surface area contributed by atoms with Crippen LogP contribution in [-0.4, -0.2) is 14.1 Å². The van der Waals surface area contributed by atoms with Gasteiger partial charge in [0.1, 0.15) is 4.90 Å². The van der Waals surface area contributed by atoms with Gasteiger partial charge in [0.15, 0.2) is 0 Å². The Bertz CT molecular complexity index is 842. The van der Waals surface area contributed by atoms with Gasteiger partial charge in [0.25, 0.3) is 0 Å². The first kappa shape index (κ1) is 15.2. The van der Waals surface area contributed by atoms with E-state index in [4.69, 9.17) is 4.28 Å². The maximum Gasteiger partial charge on any atom is 0.358 e. The van der Waals surface area contributed by atoms with Crippen LogP contribution in [0.25, 0.3) is 0 Å². The summed E-state index contributed by atoms with van der Waals surface area (Å²) in [7, 11) is -3.87. The van der Waals surface area contributed by atoms with E-state index >= 15 is 0 Å². The molecule has 2 aromatic carbocycles. The lowest BCUT2D eigenvalue weighted by Crippen LogP contribution is -2.05. The van der Waals surface area contributed by atoms with Gasteiger partial charge in [-0.25, -0.2) is 0 Å². The van der Waals surface area contributed by atoms with Crippen molar-refractivity contribution in [2.24, 2.45) is 5.16 Å². The average Bonchev–Trinajstić information content (AvgIpc) is 2.88. The zero-order valence-electron chi connectivity index (χ0n) is 11.9. The fraction of sp³-hybridized carbons (Fsp3) is 0.188. The molecule has 6 heteroatoms. The van der Waals surface area contributed by atoms with Crippen molar-refractivity contribution in [2.75, 3.05) is 0 Å². The topological polar surface area (TPSA) is 55.7 Å². The molecule has 0 atom stereocenters. The molecule has 0 spiro atoms. The van der Waals surface area contributed by atoms with Gasteiger partial charge in [-0.05, 0) is 49.6 Å². The summed E-state index contributed by atoms with van der Waals surface area (Å²) in [4.78, 5) is 0.108. The Balaban J connectivity index is 1.85. The van der Waals surface area contributed by atoms with E-state index in [9.17, 15) is 8.42 Å². The number of oxime groups is 1. The third-order valence-electron chi connectivity index (χ3n) is 3.56. The van der Waals surface area contributed by atoms with Gasteiger partial charge in [-0.2, -0.15) is 8.42 Å². The second-order valence-electron chi connectivity index (χ2n) is 5.18. The van der Waals surface area contributed by atoms with Crippen molar-refractivity contribution in [1.82, 2.24) is 0 Å². The molecule has 4 nitrogen and oxygen atoms in total. The van der Waals surface area contributed by atoms with Crippen LogP contribution in [0.5, 0.6) is 0 Å². The van der Waals surface area contributed by atoms with Gasteiger partial charge in [0.05, 0.1) is 5.71 Å². The van der Waals surface area contributed by atoms with E-state index in [0.29, 0.717) is 12.1 Å². The molecule has 0 saturated heterocycles. The van der Waals surface area contributed by atoms with E-state index in [1.165, 1.54) is 12.1 Å². The van der Waals surface area contributed by atoms with E-state index in [-0.39, 0.29) is 4.90 Å². The minimum atomic E-state index is -3.87. The molecule has 114 valence electrons. The SMILES string of the molecule is Cc1ccc(S(=O)(=O)ON=C2CCc3cc(Br)ccc32)cc1. The minimum Gasteiger partial charge on any atom is -0.264 e. The molecule has 0 aromatic heterocycles. The summed E-state index contributed by atoms with van der Waals surface area (Å²) in [5, 5.41) is 3.88. The van der Waals surface area contributed by atoms with Gasteiger partial charge >= 0.3 is 10.1 Å². The fourth-order valence-electron chi connectivity index (χ4n) is 2.38. The first-order valence-electron chi connectivity index (χ1n) is 6.82. The number of nitrogens with zero attached hydrogens (tertiary/aromatic N) is 1. The maximum atomic E-state index is 12.1. The summed E-state index contributed by atoms with van der Waals surface area (Å²) < 4.78 is 30.1. The summed E-state index contributed by atoms with van der Waals surface area (Å²) in [6.45, 7) is 1.89. The normalized spacial score (nSPS) is 15.8. The van der Waals surface area contributed by atoms with Crippen molar-refractivity contribution >= 4 is 31.8 Å². The molecular formula is C16H14BrNO3S. The van der Waals surface area contributed by atoms with Gasteiger partial charge in [0.2, 0.25) is 0 Å². The summed E-state index contributed by atoms with van der Waals surface area (Å²) >= 11 is 3.42. The number of aryl methyl sites for hydroxylation is 2. The highest BCUT2D eigenvalue weighted by Crippen LogP contribution is 2.26. The summed E-state index contributed by atoms with van der Waals surface area (Å²) in [5.41, 5.74) is 3.74. The van der Waals surface area contributed by atoms with Crippen LogP contribution in [0, 0.1) is 6.92 Å². The molecule has 0 bridgehead atoms. The van der Waals surface area contributed by atoms with Crippen LogP contribution >= 0.6 is 15.9 Å². The molecule has 1 aliphatic carbocycles. The summed E-state index contributed by atoms with van der Waals surface area (Å²) in [6, 6.07) is 12.3. The van der Waals surface area contributed by atoms with Gasteiger partial charge < -0.3 is 0 Å². The van der Waals surface area contributed by atoms with Crippen LogP contribution < -0.4 is 0 Å². The molecule has 1 aliphatic rings. The number of benzene rings is 2. The molecule has 0 radical (unpaired) electrons. The van der Waals surface area contributed by atoms with Gasteiger partial charge in [-0.1, -0.05) is 44.8 Å². The third kappa shape index (κ3) is 3.08. The third-order valence-corrected chi connectivity index (χ3v) is 5.18. The van der Waals surface area contributed by atoms with Crippen molar-refractivity contribution in [3.63, 3.8) is 0 Å². The van der Waals surface area contributed by atoms with Crippen LogP contribution in [0.1, 0.15) is 23.1 Å². The van der Waals surface area contributed by atoms with Crippen molar-refractivity contribution in [2.45, 2.75) is 24.7 Å². The number of fused-ring (bicyclic) bond motifs is 1. The Morgan fingerprint density at radius 2 is 1.82 bits per heavy atom. The van der Waals surface area contributed by atoms with Crippen molar-refractivity contribution < 1.29 is 12.7 Å². The second kappa shape index (κ2) is 5.85. The lowest BCUT2D eigenvalue weighted by atomic mass is 10.1. The largest absolute Gasteiger partial charge is 0.358 e. The van der Waals surface area contributed by atoms with Crippen molar-refractivity contribution in [3.05, 3.63) is 63.6 Å². The van der Waals surface area contributed by atoms with Gasteiger partial charge in [-0.15, -0.1) is 0 Å². The number of rotatable bonds is 3. The van der Waals surface area contributed by atoms with Crippen LogP contribution in [0.15, 0.2) is 57.0 Å². The molecule has 0 heterocycles. The maximum absolute atomic E-state index is 12.1. The zero-order chi connectivity index (χ0) is 15.7. The number of hydrogen-bond acceptors (Lipinski definition) is 4. The smallest absolute Gasteiger partial charge is 0.264 e. The first-order chi connectivity index (χ1) is 10.5. The van der Waals surface area contributed by atoms with E-state index < -0.39 is 10.1 Å². The Morgan fingerprint density at radius 3 is 2.55 bits per heavy atom. The average molecular weight is 380 g/mol. The van der Waals surface area contributed by atoms with Crippen LogP contribution in [0.2, 0.25) is 0 Å². The lowest BCUT2D eigenvalue weighted by molar-refractivity contribution is 0.338. The monoisotopic (exact) mass is 379 g/mol. The molecule has 2 aromatic rings. The second-order valence-corrected chi connectivity index (χ2v) is 7.63. The number of halogens is 1. The van der Waals surface area contributed by atoms with E-state index in [0.717, 1.165) is 27.6 Å². The zero-order valence-corrected chi connectivity index (χ0v) is 14.3. The Kier molecular flexibility index (Phi) is 4.06. The highest BCUT2D eigenvalue weighted by atomic mass is 79.9. The lowest BCUT2D eigenvalue weighted by Gasteiger charge is -2.04. The highest BCUT2D eigenvalue weighted by molar-refractivity contribution is 9.10. The van der Waals surface area contributed by atoms with Crippen LogP contribution in [-0.2, 0) is 20.8 Å². The molecule has 22 heavy (non-hydrogen) atoms. The molecule has 0 aliphatic heterocycles. The van der Waals surface area contributed by atoms with Gasteiger partial charge in [0, 0.05) is 10.0 Å². The summed E-state index contributed by atoms with van der Waals surface area (Å²) in [5.74, 6) is 0. The quantitative estimate of drug-likeness (QED) is 0.761. The minimum absolute atomic E-state index is 0.108. The van der Waals surface area contributed by atoms with E-state index in [1.807, 2.05) is 25.1 Å². The molecule has 3 rings (SSSR count). The Hall–Kier alpha value is -1.66. The molecule has 0 unspecified atom stereocenters. The number of hydrogen-bond donors (Lipinski definition) is 0. The molecule has 0 amide bonds. The molecular weight excluding hydrogens is 366 g/mol. The molecule has 0 saturated carbocycles. The summed E-state index contributed by atoms with van der Waals surface area (Å²) in [6.07, 6.45) is 1.51. The van der Waals surface area contributed by atoms with E-state index in [2.05, 4.69) is 21.1 Å². The van der Waals surface area contributed by atoms with Crippen LogP contribution in [0.4, 0.5) is 0 Å². The predicted octanol–water partition coefficient (Wildman–Crippen LogP) is 3.81. The predicted molar refractivity (Wildman–Crippen MR) is 88.4 cm³/mol. The molecule has 0 fully saturated rings. The van der Waals surface area contributed by atoms with Gasteiger partial charge in [-0.3, -0.25) is 4.28 Å². The fourth-order valence-corrected chi connectivity index (χ4v) is 3.53. The van der Waals surface area contributed by atoms with Crippen molar-refractivity contribution in [1.29, 1.82) is 0 Å². The van der Waals surface area contributed by atoms with Crippen molar-refractivity contribution in [3.8, 4) is 0 Å². The molecule has 0 N–H and O–H groups in total. The van der Waals surface area contributed by atoms with E-state index in [1.54, 1.807) is 12.1 Å². The van der Waals surface area contributed by atoms with Crippen LogP contribution in [0.3, 0.4) is 0 Å². The standard InChI is InChI=1S/C16H14BrNO3S/c1-11-2-6-14(7-3-11)22(19,20)21-18-16-9-4-12-10-13(17)5-8-15(12)16/h2-3,5-8,10H,4,9H2,1H3.